The van der Waals surface area contributed by atoms with Crippen LogP contribution in [0.5, 0.6) is 0 Å². The summed E-state index contributed by atoms with van der Waals surface area (Å²) in [6.07, 6.45) is -0.636. The molecule has 0 aliphatic carbocycles. The molecular formula is C26H31ClN2O7S. The minimum atomic E-state index is -4.05. The van der Waals surface area contributed by atoms with Gasteiger partial charge in [-0.2, -0.15) is 0 Å². The number of alkyl carbamates (subject to hydrolysis) is 1. The lowest BCUT2D eigenvalue weighted by molar-refractivity contribution is 0.0488. The van der Waals surface area contributed by atoms with E-state index in [1.807, 2.05) is 0 Å². The summed E-state index contributed by atoms with van der Waals surface area (Å²) in [6, 6.07) is 9.19. The molecule has 0 aliphatic rings. The zero-order valence-corrected chi connectivity index (χ0v) is 23.2. The minimum absolute atomic E-state index is 0.000396. The first-order valence-electron chi connectivity index (χ1n) is 11.8. The molecule has 0 aliphatic heterocycles. The van der Waals surface area contributed by atoms with E-state index in [9.17, 15) is 18.0 Å². The number of fused-ring (bicyclic) bond motifs is 1. The standard InChI is InChI=1S/C26H31ClN2O7S/c1-7-29(21-11-9-18(27)13-17(21)15-28-25(31)36-26(4,5)6)37(32,33)19-10-12-22-20(14-19)16(3)23(35-22)24(30)34-8-2/h9-14H,7-8,15H2,1-6H3,(H,28,31). The summed E-state index contributed by atoms with van der Waals surface area (Å²) in [5.74, 6) is -0.578. The van der Waals surface area contributed by atoms with Gasteiger partial charge in [-0.05, 0) is 83.5 Å². The molecule has 37 heavy (non-hydrogen) atoms. The number of furan rings is 1. The Hall–Kier alpha value is -3.24. The highest BCUT2D eigenvalue weighted by Gasteiger charge is 2.28. The molecule has 1 N–H and O–H groups in total. The normalized spacial score (nSPS) is 11.9. The molecule has 1 amide bonds. The summed E-state index contributed by atoms with van der Waals surface area (Å²) >= 11 is 6.19. The van der Waals surface area contributed by atoms with E-state index in [1.54, 1.807) is 59.7 Å². The Kier molecular flexibility index (Phi) is 8.44. The van der Waals surface area contributed by atoms with Gasteiger partial charge in [0, 0.05) is 29.1 Å². The van der Waals surface area contributed by atoms with Gasteiger partial charge >= 0.3 is 12.1 Å². The fourth-order valence-corrected chi connectivity index (χ4v) is 5.50. The fraction of sp³-hybridized carbons (Fsp3) is 0.385. The van der Waals surface area contributed by atoms with Gasteiger partial charge < -0.3 is 19.2 Å². The number of carbonyl (C=O) groups excluding carboxylic acids is 2. The molecule has 0 fully saturated rings. The largest absolute Gasteiger partial charge is 0.460 e. The summed E-state index contributed by atoms with van der Waals surface area (Å²) < 4.78 is 44.7. The van der Waals surface area contributed by atoms with Crippen LogP contribution in [0.1, 0.15) is 56.3 Å². The van der Waals surface area contributed by atoms with Gasteiger partial charge in [0.25, 0.3) is 10.0 Å². The zero-order valence-electron chi connectivity index (χ0n) is 21.7. The summed E-state index contributed by atoms with van der Waals surface area (Å²) in [5, 5.41) is 3.53. The molecule has 11 heteroatoms. The van der Waals surface area contributed by atoms with Crippen molar-refractivity contribution in [1.82, 2.24) is 5.32 Å². The lowest BCUT2D eigenvalue weighted by atomic mass is 10.1. The maximum atomic E-state index is 13.8. The van der Waals surface area contributed by atoms with Gasteiger partial charge in [0.2, 0.25) is 5.76 Å². The number of ether oxygens (including phenoxy) is 2. The first-order valence-corrected chi connectivity index (χ1v) is 13.6. The van der Waals surface area contributed by atoms with E-state index < -0.39 is 27.7 Å². The molecule has 3 rings (SSSR count). The van der Waals surface area contributed by atoms with Gasteiger partial charge in [-0.15, -0.1) is 0 Å². The van der Waals surface area contributed by atoms with Crippen LogP contribution in [-0.2, 0) is 26.0 Å². The Labute approximate surface area is 221 Å². The van der Waals surface area contributed by atoms with Crippen molar-refractivity contribution in [3.8, 4) is 0 Å². The van der Waals surface area contributed by atoms with E-state index in [0.29, 0.717) is 32.8 Å². The van der Waals surface area contributed by atoms with Crippen molar-refractivity contribution in [3.63, 3.8) is 0 Å². The molecule has 200 valence electrons. The van der Waals surface area contributed by atoms with E-state index in [-0.39, 0.29) is 30.4 Å². The maximum absolute atomic E-state index is 13.8. The fourth-order valence-electron chi connectivity index (χ4n) is 3.77. The third-order valence-corrected chi connectivity index (χ3v) is 7.50. The molecule has 0 bridgehead atoms. The van der Waals surface area contributed by atoms with E-state index in [0.717, 1.165) is 0 Å². The van der Waals surface area contributed by atoms with Crippen molar-refractivity contribution >= 4 is 50.3 Å². The third kappa shape index (κ3) is 6.37. The second kappa shape index (κ2) is 11.0. The molecule has 0 radical (unpaired) electrons. The molecule has 1 aromatic heterocycles. The number of halogens is 1. The molecule has 0 atom stereocenters. The number of sulfonamides is 1. The Balaban J connectivity index is 1.99. The number of anilines is 1. The van der Waals surface area contributed by atoms with Crippen LogP contribution in [0.15, 0.2) is 45.7 Å². The van der Waals surface area contributed by atoms with E-state index in [2.05, 4.69) is 5.32 Å². The first-order chi connectivity index (χ1) is 17.3. The van der Waals surface area contributed by atoms with Gasteiger partial charge in [-0.3, -0.25) is 4.31 Å². The van der Waals surface area contributed by atoms with E-state index in [1.165, 1.54) is 22.5 Å². The quantitative estimate of drug-likeness (QED) is 0.352. The number of nitrogens with zero attached hydrogens (tertiary/aromatic N) is 1. The van der Waals surface area contributed by atoms with Crippen molar-refractivity contribution in [2.24, 2.45) is 0 Å². The van der Waals surface area contributed by atoms with Crippen molar-refractivity contribution in [1.29, 1.82) is 0 Å². The Morgan fingerprint density at radius 3 is 2.43 bits per heavy atom. The summed E-state index contributed by atoms with van der Waals surface area (Å²) in [7, 11) is -4.05. The van der Waals surface area contributed by atoms with Crippen LogP contribution in [-0.4, -0.2) is 39.2 Å². The SMILES string of the molecule is CCOC(=O)c1oc2ccc(S(=O)(=O)N(CC)c3ccc(Cl)cc3CNC(=O)OC(C)(C)C)cc2c1C. The summed E-state index contributed by atoms with van der Waals surface area (Å²) in [6.45, 7) is 10.6. The van der Waals surface area contributed by atoms with Crippen molar-refractivity contribution in [2.75, 3.05) is 17.5 Å². The number of aryl methyl sites for hydroxylation is 1. The molecule has 0 saturated carbocycles. The maximum Gasteiger partial charge on any atom is 0.407 e. The van der Waals surface area contributed by atoms with Crippen LogP contribution < -0.4 is 9.62 Å². The predicted octanol–water partition coefficient (Wildman–Crippen LogP) is 5.81. The molecule has 0 unspecified atom stereocenters. The molecule has 2 aromatic carbocycles. The number of esters is 1. The van der Waals surface area contributed by atoms with Crippen molar-refractivity contribution < 1.29 is 31.9 Å². The number of hydrogen-bond acceptors (Lipinski definition) is 7. The average molecular weight is 551 g/mol. The highest BCUT2D eigenvalue weighted by Crippen LogP contribution is 2.33. The topological polar surface area (TPSA) is 115 Å². The first kappa shape index (κ1) is 28.3. The lowest BCUT2D eigenvalue weighted by Gasteiger charge is -2.26. The Bertz CT molecular complexity index is 1420. The van der Waals surface area contributed by atoms with Crippen LogP contribution in [0.2, 0.25) is 5.02 Å². The van der Waals surface area contributed by atoms with Crippen LogP contribution in [0.3, 0.4) is 0 Å². The van der Waals surface area contributed by atoms with Crippen LogP contribution in [0, 0.1) is 6.92 Å². The number of rotatable bonds is 8. The lowest BCUT2D eigenvalue weighted by Crippen LogP contribution is -2.34. The highest BCUT2D eigenvalue weighted by atomic mass is 35.5. The number of hydrogen-bond donors (Lipinski definition) is 1. The van der Waals surface area contributed by atoms with Crippen molar-refractivity contribution in [3.05, 3.63) is 58.3 Å². The van der Waals surface area contributed by atoms with Crippen LogP contribution in [0.4, 0.5) is 10.5 Å². The number of benzene rings is 2. The number of amides is 1. The van der Waals surface area contributed by atoms with Crippen LogP contribution in [0.25, 0.3) is 11.0 Å². The Morgan fingerprint density at radius 1 is 1.11 bits per heavy atom. The third-order valence-electron chi connectivity index (χ3n) is 5.38. The van der Waals surface area contributed by atoms with Gasteiger partial charge in [0.1, 0.15) is 11.2 Å². The molecule has 1 heterocycles. The number of nitrogens with one attached hydrogen (secondary N) is 1. The van der Waals surface area contributed by atoms with Crippen molar-refractivity contribution in [2.45, 2.75) is 58.6 Å². The molecule has 0 spiro atoms. The molecule has 3 aromatic rings. The molecular weight excluding hydrogens is 520 g/mol. The average Bonchev–Trinajstić information content (AvgIpc) is 3.14. The smallest absolute Gasteiger partial charge is 0.407 e. The molecule has 9 nitrogen and oxygen atoms in total. The second-order valence-electron chi connectivity index (χ2n) is 9.23. The Morgan fingerprint density at radius 2 is 1.81 bits per heavy atom. The second-order valence-corrected chi connectivity index (χ2v) is 11.5. The highest BCUT2D eigenvalue weighted by molar-refractivity contribution is 7.92. The number of carbonyl (C=O) groups is 2. The minimum Gasteiger partial charge on any atom is -0.460 e. The van der Waals surface area contributed by atoms with Crippen LogP contribution >= 0.6 is 11.6 Å². The van der Waals surface area contributed by atoms with E-state index >= 15 is 0 Å². The van der Waals surface area contributed by atoms with Gasteiger partial charge in [-0.25, -0.2) is 18.0 Å². The van der Waals surface area contributed by atoms with E-state index in [4.69, 9.17) is 25.5 Å². The predicted molar refractivity (Wildman–Crippen MR) is 142 cm³/mol. The molecule has 0 saturated heterocycles. The monoisotopic (exact) mass is 550 g/mol. The van der Waals surface area contributed by atoms with Gasteiger partial charge in [0.15, 0.2) is 0 Å². The summed E-state index contributed by atoms with van der Waals surface area (Å²) in [4.78, 5) is 24.4. The van der Waals surface area contributed by atoms with Gasteiger partial charge in [0.05, 0.1) is 17.2 Å². The summed E-state index contributed by atoms with van der Waals surface area (Å²) in [5.41, 5.74) is 1.03. The zero-order chi connectivity index (χ0) is 27.5. The van der Waals surface area contributed by atoms with Gasteiger partial charge in [-0.1, -0.05) is 11.6 Å².